The Balaban J connectivity index is 2.11. The summed E-state index contributed by atoms with van der Waals surface area (Å²) < 4.78 is 1.93. The fourth-order valence-electron chi connectivity index (χ4n) is 1.43. The summed E-state index contributed by atoms with van der Waals surface area (Å²) in [5, 5.41) is 7.12. The van der Waals surface area contributed by atoms with E-state index in [4.69, 9.17) is 11.6 Å². The topological polar surface area (TPSA) is 64.0 Å². The van der Waals surface area contributed by atoms with E-state index in [1.54, 1.807) is 24.3 Å². The first-order valence-corrected chi connectivity index (χ1v) is 7.40. The van der Waals surface area contributed by atoms with Crippen molar-refractivity contribution in [3.63, 3.8) is 0 Å². The van der Waals surface area contributed by atoms with Crippen molar-refractivity contribution in [3.8, 4) is 0 Å². The summed E-state index contributed by atoms with van der Waals surface area (Å²) in [5.41, 5.74) is 0.217. The highest BCUT2D eigenvalue weighted by Gasteiger charge is 2.10. The molecule has 20 heavy (non-hydrogen) atoms. The first-order valence-electron chi connectivity index (χ1n) is 5.44. The lowest BCUT2D eigenvalue weighted by Gasteiger charge is -2.07. The average molecular weight is 421 g/mol. The van der Waals surface area contributed by atoms with Gasteiger partial charge in [0.05, 0.1) is 10.7 Å². The van der Waals surface area contributed by atoms with Crippen LogP contribution in [0.4, 0.5) is 5.69 Å². The summed E-state index contributed by atoms with van der Waals surface area (Å²) in [5.74, 6) is -0.351. The molecule has 104 valence electrons. The molecule has 0 spiro atoms. The maximum Gasteiger partial charge on any atom is 0.282 e. The van der Waals surface area contributed by atoms with E-state index in [-0.39, 0.29) is 18.0 Å². The minimum Gasteiger partial charge on any atom is -0.324 e. The number of halogens is 3. The third-order valence-corrected chi connectivity index (χ3v) is 4.52. The maximum absolute atomic E-state index is 11.8. The standard InChI is InChI=1S/C12H8Br2ClN3O2/c13-9-5-16-18(12(20)11(9)14)6-10(19)17-8-3-1-7(15)2-4-8/h1-5H,6H2,(H,17,19). The van der Waals surface area contributed by atoms with E-state index >= 15 is 0 Å². The summed E-state index contributed by atoms with van der Waals surface area (Å²) in [6.07, 6.45) is 1.45. The second kappa shape index (κ2) is 6.51. The smallest absolute Gasteiger partial charge is 0.282 e. The van der Waals surface area contributed by atoms with Gasteiger partial charge in [0, 0.05) is 10.7 Å². The van der Waals surface area contributed by atoms with Gasteiger partial charge in [-0.1, -0.05) is 11.6 Å². The van der Waals surface area contributed by atoms with E-state index in [2.05, 4.69) is 42.3 Å². The highest BCUT2D eigenvalue weighted by atomic mass is 79.9. The number of anilines is 1. The van der Waals surface area contributed by atoms with Crippen LogP contribution >= 0.6 is 43.5 Å². The number of carbonyl (C=O) groups excluding carboxylic acids is 1. The molecule has 0 saturated heterocycles. The lowest BCUT2D eigenvalue weighted by Crippen LogP contribution is -2.30. The van der Waals surface area contributed by atoms with Gasteiger partial charge in [0.25, 0.3) is 5.56 Å². The highest BCUT2D eigenvalue weighted by molar-refractivity contribution is 9.13. The lowest BCUT2D eigenvalue weighted by atomic mass is 10.3. The number of benzene rings is 1. The number of amides is 1. The number of carbonyl (C=O) groups is 1. The van der Waals surface area contributed by atoms with Crippen LogP contribution in [0.3, 0.4) is 0 Å². The van der Waals surface area contributed by atoms with Crippen LogP contribution in [0.2, 0.25) is 5.02 Å². The van der Waals surface area contributed by atoms with Gasteiger partial charge in [0.15, 0.2) is 0 Å². The fourth-order valence-corrected chi connectivity index (χ4v) is 2.12. The number of hydrogen-bond donors (Lipinski definition) is 1. The van der Waals surface area contributed by atoms with Crippen LogP contribution in [0.1, 0.15) is 0 Å². The lowest BCUT2D eigenvalue weighted by molar-refractivity contribution is -0.117. The van der Waals surface area contributed by atoms with Gasteiger partial charge in [-0.15, -0.1) is 0 Å². The Kier molecular flexibility index (Phi) is 4.95. The molecule has 2 aromatic rings. The molecule has 8 heteroatoms. The van der Waals surface area contributed by atoms with Crippen LogP contribution in [0.5, 0.6) is 0 Å². The van der Waals surface area contributed by atoms with Crippen LogP contribution in [0, 0.1) is 0 Å². The molecule has 0 aliphatic heterocycles. The van der Waals surface area contributed by atoms with Crippen molar-refractivity contribution < 1.29 is 4.79 Å². The summed E-state index contributed by atoms with van der Waals surface area (Å²) >= 11 is 12.1. The van der Waals surface area contributed by atoms with Crippen LogP contribution in [0.15, 0.2) is 44.2 Å². The fraction of sp³-hybridized carbons (Fsp3) is 0.0833. The predicted molar refractivity (Wildman–Crippen MR) is 84.0 cm³/mol. The maximum atomic E-state index is 11.8. The highest BCUT2D eigenvalue weighted by Crippen LogP contribution is 2.16. The molecular weight excluding hydrogens is 413 g/mol. The molecule has 0 fully saturated rings. The number of hydrogen-bond acceptors (Lipinski definition) is 3. The number of aromatic nitrogens is 2. The minimum absolute atomic E-state index is 0.173. The van der Waals surface area contributed by atoms with Gasteiger partial charge in [0.2, 0.25) is 5.91 Å². The van der Waals surface area contributed by atoms with E-state index in [0.717, 1.165) is 4.68 Å². The van der Waals surface area contributed by atoms with Gasteiger partial charge < -0.3 is 5.32 Å². The zero-order valence-electron chi connectivity index (χ0n) is 9.94. The average Bonchev–Trinajstić information content (AvgIpc) is 2.42. The Morgan fingerprint density at radius 2 is 1.95 bits per heavy atom. The summed E-state index contributed by atoms with van der Waals surface area (Å²) in [6.45, 7) is -0.173. The zero-order chi connectivity index (χ0) is 14.7. The van der Waals surface area contributed by atoms with Gasteiger partial charge >= 0.3 is 0 Å². The van der Waals surface area contributed by atoms with Crippen molar-refractivity contribution >= 4 is 55.1 Å². The Morgan fingerprint density at radius 3 is 2.60 bits per heavy atom. The molecule has 5 nitrogen and oxygen atoms in total. The molecule has 0 bridgehead atoms. The quantitative estimate of drug-likeness (QED) is 0.829. The first-order chi connectivity index (χ1) is 9.47. The molecule has 1 heterocycles. The van der Waals surface area contributed by atoms with E-state index in [0.29, 0.717) is 19.7 Å². The van der Waals surface area contributed by atoms with E-state index < -0.39 is 0 Å². The van der Waals surface area contributed by atoms with Crippen LogP contribution in [-0.4, -0.2) is 15.7 Å². The summed E-state index contributed by atoms with van der Waals surface area (Å²) in [7, 11) is 0. The molecule has 0 saturated carbocycles. The molecule has 1 aromatic carbocycles. The molecule has 0 aliphatic carbocycles. The normalized spacial score (nSPS) is 10.3. The van der Waals surface area contributed by atoms with Crippen molar-refractivity contribution in [2.75, 3.05) is 5.32 Å². The molecule has 1 N–H and O–H groups in total. The predicted octanol–water partition coefficient (Wildman–Crippen LogP) is 3.06. The first kappa shape index (κ1) is 15.2. The Hall–Kier alpha value is -1.18. The molecule has 1 aromatic heterocycles. The van der Waals surface area contributed by atoms with Crippen LogP contribution in [-0.2, 0) is 11.3 Å². The molecular formula is C12H8Br2ClN3O2. The second-order valence-electron chi connectivity index (χ2n) is 3.82. The Morgan fingerprint density at radius 1 is 1.30 bits per heavy atom. The van der Waals surface area contributed by atoms with E-state index in [9.17, 15) is 9.59 Å². The van der Waals surface area contributed by atoms with Crippen molar-refractivity contribution in [2.45, 2.75) is 6.54 Å². The van der Waals surface area contributed by atoms with Crippen molar-refractivity contribution in [1.29, 1.82) is 0 Å². The van der Waals surface area contributed by atoms with Crippen LogP contribution < -0.4 is 10.9 Å². The van der Waals surface area contributed by atoms with Gasteiger partial charge in [0.1, 0.15) is 11.0 Å². The van der Waals surface area contributed by atoms with Gasteiger partial charge in [-0.3, -0.25) is 9.59 Å². The van der Waals surface area contributed by atoms with Crippen molar-refractivity contribution in [2.24, 2.45) is 0 Å². The minimum atomic E-state index is -0.384. The largest absolute Gasteiger partial charge is 0.324 e. The van der Waals surface area contributed by atoms with E-state index in [1.807, 2.05) is 0 Å². The van der Waals surface area contributed by atoms with Gasteiger partial charge in [-0.05, 0) is 56.1 Å². The van der Waals surface area contributed by atoms with E-state index in [1.165, 1.54) is 6.20 Å². The van der Waals surface area contributed by atoms with Crippen molar-refractivity contribution in [1.82, 2.24) is 9.78 Å². The monoisotopic (exact) mass is 419 g/mol. The third kappa shape index (κ3) is 3.68. The SMILES string of the molecule is O=C(Cn1ncc(Br)c(Br)c1=O)Nc1ccc(Cl)cc1. The van der Waals surface area contributed by atoms with Gasteiger partial charge in [-0.25, -0.2) is 4.68 Å². The van der Waals surface area contributed by atoms with Crippen molar-refractivity contribution in [3.05, 3.63) is 54.8 Å². The molecule has 0 aliphatic rings. The Labute approximate surface area is 136 Å². The summed E-state index contributed by atoms with van der Waals surface area (Å²) in [6, 6.07) is 6.68. The second-order valence-corrected chi connectivity index (χ2v) is 5.91. The molecule has 0 radical (unpaired) electrons. The number of rotatable bonds is 3. The molecule has 0 unspecified atom stereocenters. The van der Waals surface area contributed by atoms with Crippen LogP contribution in [0.25, 0.3) is 0 Å². The zero-order valence-corrected chi connectivity index (χ0v) is 13.9. The molecule has 1 amide bonds. The Bertz CT molecular complexity index is 701. The molecule has 2 rings (SSSR count). The summed E-state index contributed by atoms with van der Waals surface area (Å²) in [4.78, 5) is 23.7. The molecule has 0 atom stereocenters. The number of nitrogens with zero attached hydrogens (tertiary/aromatic N) is 2. The number of nitrogens with one attached hydrogen (secondary N) is 1. The van der Waals surface area contributed by atoms with Gasteiger partial charge in [-0.2, -0.15) is 5.10 Å². The third-order valence-electron chi connectivity index (χ3n) is 2.36.